The number of aromatic nitrogens is 2. The van der Waals surface area contributed by atoms with Gasteiger partial charge in [0.05, 0.1) is 19.7 Å². The number of fused-ring (bicyclic) bond motifs is 1. The summed E-state index contributed by atoms with van der Waals surface area (Å²) in [7, 11) is 3.18. The van der Waals surface area contributed by atoms with E-state index in [0.717, 1.165) is 16.7 Å². The van der Waals surface area contributed by atoms with Crippen LogP contribution in [0.2, 0.25) is 0 Å². The molecule has 0 bridgehead atoms. The molecule has 1 aromatic heterocycles. The molecule has 0 atom stereocenters. The lowest BCUT2D eigenvalue weighted by molar-refractivity contribution is 0.355. The van der Waals surface area contributed by atoms with Crippen LogP contribution in [0.3, 0.4) is 0 Å². The second-order valence-corrected chi connectivity index (χ2v) is 4.85. The molecule has 0 amide bonds. The van der Waals surface area contributed by atoms with E-state index < -0.39 is 0 Å². The van der Waals surface area contributed by atoms with E-state index >= 15 is 0 Å². The molecule has 5 heteroatoms. The standard InChI is InChI=1S/C19H16N2O3/c1-22-18-11-15-16(20-13-21-17(15)12-19(18)23-2)9-6-10-24-14-7-4-3-5-8-14/h3-5,7-8,11-13H,10H2,1-2H3. The minimum absolute atomic E-state index is 0.281. The summed E-state index contributed by atoms with van der Waals surface area (Å²) >= 11 is 0. The van der Waals surface area contributed by atoms with Crippen molar-refractivity contribution in [3.8, 4) is 29.1 Å². The van der Waals surface area contributed by atoms with Crippen molar-refractivity contribution < 1.29 is 14.2 Å². The van der Waals surface area contributed by atoms with E-state index in [1.807, 2.05) is 42.5 Å². The molecular formula is C19H16N2O3. The first-order chi connectivity index (χ1) is 11.8. The molecule has 0 saturated carbocycles. The van der Waals surface area contributed by atoms with E-state index in [4.69, 9.17) is 14.2 Å². The molecule has 0 aliphatic heterocycles. The molecule has 0 radical (unpaired) electrons. The van der Waals surface area contributed by atoms with Crippen LogP contribution in [0.5, 0.6) is 17.2 Å². The quantitative estimate of drug-likeness (QED) is 0.692. The molecule has 2 aromatic carbocycles. The van der Waals surface area contributed by atoms with Gasteiger partial charge in [-0.1, -0.05) is 24.1 Å². The van der Waals surface area contributed by atoms with Gasteiger partial charge in [-0.2, -0.15) is 0 Å². The fraction of sp³-hybridized carbons (Fsp3) is 0.158. The Morgan fingerprint density at radius 1 is 0.958 bits per heavy atom. The molecule has 24 heavy (non-hydrogen) atoms. The molecule has 0 fully saturated rings. The maximum Gasteiger partial charge on any atom is 0.162 e. The largest absolute Gasteiger partial charge is 0.493 e. The molecule has 0 aliphatic rings. The average Bonchev–Trinajstić information content (AvgIpc) is 2.65. The lowest BCUT2D eigenvalue weighted by Crippen LogP contribution is -1.96. The number of methoxy groups -OCH3 is 2. The van der Waals surface area contributed by atoms with Crippen LogP contribution < -0.4 is 14.2 Å². The number of ether oxygens (including phenoxy) is 3. The lowest BCUT2D eigenvalue weighted by atomic mass is 10.1. The summed E-state index contributed by atoms with van der Waals surface area (Å²) in [5.41, 5.74) is 1.37. The predicted molar refractivity (Wildman–Crippen MR) is 91.5 cm³/mol. The van der Waals surface area contributed by atoms with Gasteiger partial charge < -0.3 is 14.2 Å². The maximum absolute atomic E-state index is 5.56. The molecule has 120 valence electrons. The highest BCUT2D eigenvalue weighted by molar-refractivity contribution is 5.86. The Morgan fingerprint density at radius 2 is 1.71 bits per heavy atom. The van der Waals surface area contributed by atoms with Crippen LogP contribution >= 0.6 is 0 Å². The fourth-order valence-corrected chi connectivity index (χ4v) is 2.24. The van der Waals surface area contributed by atoms with Crippen LogP contribution in [0, 0.1) is 11.8 Å². The number of hydrogen-bond donors (Lipinski definition) is 0. The molecule has 3 rings (SSSR count). The second-order valence-electron chi connectivity index (χ2n) is 4.85. The minimum atomic E-state index is 0.281. The smallest absolute Gasteiger partial charge is 0.162 e. The molecule has 0 saturated heterocycles. The van der Waals surface area contributed by atoms with Gasteiger partial charge in [-0.3, -0.25) is 0 Å². The molecule has 5 nitrogen and oxygen atoms in total. The molecule has 0 spiro atoms. The third kappa shape index (κ3) is 3.39. The van der Waals surface area contributed by atoms with Gasteiger partial charge in [0, 0.05) is 11.5 Å². The fourth-order valence-electron chi connectivity index (χ4n) is 2.24. The van der Waals surface area contributed by atoms with Crippen molar-refractivity contribution in [1.82, 2.24) is 9.97 Å². The summed E-state index contributed by atoms with van der Waals surface area (Å²) in [4.78, 5) is 8.50. The highest BCUT2D eigenvalue weighted by Gasteiger charge is 2.09. The Bertz CT molecular complexity index is 899. The lowest BCUT2D eigenvalue weighted by Gasteiger charge is -2.09. The Labute approximate surface area is 140 Å². The molecular weight excluding hydrogens is 304 g/mol. The highest BCUT2D eigenvalue weighted by atomic mass is 16.5. The van der Waals surface area contributed by atoms with Crippen LogP contribution in [-0.2, 0) is 0 Å². The highest BCUT2D eigenvalue weighted by Crippen LogP contribution is 2.31. The Kier molecular flexibility index (Phi) is 4.78. The monoisotopic (exact) mass is 320 g/mol. The number of rotatable bonds is 4. The number of benzene rings is 2. The number of nitrogens with zero attached hydrogens (tertiary/aromatic N) is 2. The van der Waals surface area contributed by atoms with Crippen molar-refractivity contribution in [3.63, 3.8) is 0 Å². The van der Waals surface area contributed by atoms with E-state index in [0.29, 0.717) is 17.2 Å². The van der Waals surface area contributed by atoms with Crippen LogP contribution in [0.1, 0.15) is 5.69 Å². The summed E-state index contributed by atoms with van der Waals surface area (Å²) in [6, 6.07) is 13.2. The summed E-state index contributed by atoms with van der Waals surface area (Å²) in [6.45, 7) is 0.281. The Morgan fingerprint density at radius 3 is 2.46 bits per heavy atom. The summed E-state index contributed by atoms with van der Waals surface area (Å²) in [5.74, 6) is 8.02. The molecule has 1 heterocycles. The molecule has 0 aliphatic carbocycles. The van der Waals surface area contributed by atoms with Crippen molar-refractivity contribution >= 4 is 10.9 Å². The summed E-state index contributed by atoms with van der Waals surface area (Å²) in [6.07, 6.45) is 1.48. The number of hydrogen-bond acceptors (Lipinski definition) is 5. The average molecular weight is 320 g/mol. The third-order valence-electron chi connectivity index (χ3n) is 3.40. The van der Waals surface area contributed by atoms with E-state index in [2.05, 4.69) is 21.8 Å². The van der Waals surface area contributed by atoms with Crippen molar-refractivity contribution in [2.75, 3.05) is 20.8 Å². The normalized spacial score (nSPS) is 9.92. The van der Waals surface area contributed by atoms with Crippen molar-refractivity contribution in [1.29, 1.82) is 0 Å². The van der Waals surface area contributed by atoms with Crippen molar-refractivity contribution in [2.24, 2.45) is 0 Å². The molecule has 0 unspecified atom stereocenters. The zero-order valence-corrected chi connectivity index (χ0v) is 13.4. The van der Waals surface area contributed by atoms with E-state index in [9.17, 15) is 0 Å². The Hall–Kier alpha value is -3.26. The van der Waals surface area contributed by atoms with Crippen LogP contribution in [0.25, 0.3) is 10.9 Å². The van der Waals surface area contributed by atoms with Gasteiger partial charge in [-0.15, -0.1) is 0 Å². The zero-order valence-electron chi connectivity index (χ0n) is 13.4. The van der Waals surface area contributed by atoms with Gasteiger partial charge in [0.1, 0.15) is 24.4 Å². The van der Waals surface area contributed by atoms with Gasteiger partial charge in [0.15, 0.2) is 11.5 Å². The first kappa shape index (κ1) is 15.6. The summed E-state index contributed by atoms with van der Waals surface area (Å²) < 4.78 is 16.2. The number of para-hydroxylation sites is 1. The van der Waals surface area contributed by atoms with E-state index in [-0.39, 0.29) is 6.61 Å². The molecule has 3 aromatic rings. The first-order valence-corrected chi connectivity index (χ1v) is 7.35. The first-order valence-electron chi connectivity index (χ1n) is 7.35. The van der Waals surface area contributed by atoms with E-state index in [1.165, 1.54) is 6.33 Å². The van der Waals surface area contributed by atoms with Gasteiger partial charge in [-0.25, -0.2) is 9.97 Å². The van der Waals surface area contributed by atoms with Crippen LogP contribution in [0.4, 0.5) is 0 Å². The molecule has 0 N–H and O–H groups in total. The van der Waals surface area contributed by atoms with Gasteiger partial charge in [0.2, 0.25) is 0 Å². The topological polar surface area (TPSA) is 53.5 Å². The second kappa shape index (κ2) is 7.34. The third-order valence-corrected chi connectivity index (χ3v) is 3.40. The van der Waals surface area contributed by atoms with Gasteiger partial charge in [-0.05, 0) is 24.1 Å². The predicted octanol–water partition coefficient (Wildman–Crippen LogP) is 3.08. The summed E-state index contributed by atoms with van der Waals surface area (Å²) in [5, 5.41) is 0.808. The SMILES string of the molecule is COc1cc2ncnc(C#CCOc3ccccc3)c2cc1OC. The van der Waals surface area contributed by atoms with E-state index in [1.54, 1.807) is 14.2 Å². The van der Waals surface area contributed by atoms with Gasteiger partial charge in [0.25, 0.3) is 0 Å². The maximum atomic E-state index is 5.56. The van der Waals surface area contributed by atoms with Crippen LogP contribution in [0.15, 0.2) is 48.8 Å². The van der Waals surface area contributed by atoms with Crippen LogP contribution in [-0.4, -0.2) is 30.8 Å². The van der Waals surface area contributed by atoms with Crippen molar-refractivity contribution in [2.45, 2.75) is 0 Å². The zero-order chi connectivity index (χ0) is 16.8. The van der Waals surface area contributed by atoms with Crippen molar-refractivity contribution in [3.05, 3.63) is 54.5 Å². The minimum Gasteiger partial charge on any atom is -0.493 e. The Balaban J connectivity index is 1.86. The van der Waals surface area contributed by atoms with Gasteiger partial charge >= 0.3 is 0 Å².